The fraction of sp³-hybridized carbons (Fsp3) is 0.547. The SMILES string of the molecule is CC1O[C@@H](Oc2c(-c3cc(O)c(O[C@@H]4OC[C@@H](O[C@@H]5O[C@@H](C)[C@H](O)C(O)C5O)C(O)[C@H]4O)c(O)c3)oc3cc(O)cc(O)c3c2=O)C(O[C@@H]2OC(COC(=O)/C=C/c3ccc(O)cc3)[C@@H](O)C(O)C2O[C@@H]2OC(CO)[C@@H](O)C(O)[C@H]2O)[C@@H](O)[C@H]1O. The second-order valence-corrected chi connectivity index (χ2v) is 20.7. The number of carbonyl (C=O) groups is 1. The molecule has 6 heterocycles. The first-order valence-electron chi connectivity index (χ1n) is 26.3. The first-order chi connectivity index (χ1) is 40.3. The molecule has 85 heavy (non-hydrogen) atoms. The van der Waals surface area contributed by atoms with Crippen LogP contribution in [0.4, 0.5) is 0 Å². The molecule has 3 aromatic carbocycles. The number of fused-ring (bicyclic) bond motifs is 1. The number of rotatable bonds is 16. The van der Waals surface area contributed by atoms with Crippen molar-refractivity contribution in [2.45, 2.75) is 161 Å². The van der Waals surface area contributed by atoms with Gasteiger partial charge in [0.2, 0.25) is 29.5 Å². The van der Waals surface area contributed by atoms with Crippen molar-refractivity contribution in [3.8, 4) is 51.6 Å². The van der Waals surface area contributed by atoms with Gasteiger partial charge in [-0.3, -0.25) is 4.79 Å². The van der Waals surface area contributed by atoms with Crippen LogP contribution in [0.3, 0.4) is 0 Å². The number of aliphatic hydroxyl groups is 13. The normalized spacial score (nSPS) is 38.1. The minimum Gasteiger partial charge on any atom is -0.508 e. The lowest BCUT2D eigenvalue weighted by atomic mass is 9.96. The summed E-state index contributed by atoms with van der Waals surface area (Å²) in [5.41, 5.74) is -1.83. The molecule has 4 aromatic rings. The summed E-state index contributed by atoms with van der Waals surface area (Å²) >= 11 is 0. The Balaban J connectivity index is 1.02. The Morgan fingerprint density at radius 3 is 1.75 bits per heavy atom. The number of phenolic OH excluding ortho intramolecular Hbond substituents is 5. The first kappa shape index (κ1) is 63.3. The van der Waals surface area contributed by atoms with E-state index >= 15 is 0 Å². The third-order valence-electron chi connectivity index (χ3n) is 14.8. The largest absolute Gasteiger partial charge is 0.508 e. The van der Waals surface area contributed by atoms with E-state index in [0.717, 1.165) is 30.3 Å². The fourth-order valence-corrected chi connectivity index (χ4v) is 9.93. The lowest BCUT2D eigenvalue weighted by Crippen LogP contribution is -2.67. The molecule has 0 saturated carbocycles. The molecule has 0 amide bonds. The average Bonchev–Trinajstić information content (AvgIpc) is 1.19. The lowest BCUT2D eigenvalue weighted by molar-refractivity contribution is -0.388. The highest BCUT2D eigenvalue weighted by Crippen LogP contribution is 2.45. The van der Waals surface area contributed by atoms with Gasteiger partial charge in [-0.25, -0.2) is 4.79 Å². The van der Waals surface area contributed by atoms with Crippen molar-refractivity contribution in [3.05, 3.63) is 70.4 Å². The number of phenols is 5. The van der Waals surface area contributed by atoms with Gasteiger partial charge in [0, 0.05) is 23.8 Å². The van der Waals surface area contributed by atoms with Crippen molar-refractivity contribution in [2.75, 3.05) is 19.8 Å². The zero-order chi connectivity index (χ0) is 61.6. The Morgan fingerprint density at radius 2 is 1.09 bits per heavy atom. The molecule has 32 heteroatoms. The number of aliphatic hydroxyl groups excluding tert-OH is 13. The summed E-state index contributed by atoms with van der Waals surface area (Å²) in [6.45, 7) is 0.221. The van der Waals surface area contributed by atoms with Crippen molar-refractivity contribution in [3.63, 3.8) is 0 Å². The fourth-order valence-electron chi connectivity index (χ4n) is 9.93. The molecule has 5 aliphatic rings. The van der Waals surface area contributed by atoms with E-state index in [4.69, 9.17) is 56.5 Å². The first-order valence-corrected chi connectivity index (χ1v) is 26.3. The summed E-state index contributed by atoms with van der Waals surface area (Å²) in [6, 6.07) is 8.91. The monoisotopic (exact) mass is 1210 g/mol. The number of benzene rings is 3. The van der Waals surface area contributed by atoms with E-state index in [9.17, 15) is 102 Å². The summed E-state index contributed by atoms with van der Waals surface area (Å²) in [6.07, 6.45) is -42.6. The van der Waals surface area contributed by atoms with Crippen LogP contribution in [0.1, 0.15) is 19.4 Å². The van der Waals surface area contributed by atoms with E-state index in [1.807, 2.05) is 0 Å². The number of carbonyl (C=O) groups excluding carboxylic acids is 1. The van der Waals surface area contributed by atoms with Gasteiger partial charge in [0.05, 0.1) is 25.4 Å². The molecule has 468 valence electrons. The molecular weight excluding hydrogens is 1150 g/mol. The van der Waals surface area contributed by atoms with Gasteiger partial charge in [-0.1, -0.05) is 12.1 Å². The molecule has 5 aliphatic heterocycles. The predicted octanol–water partition coefficient (Wildman–Crippen LogP) is -5.22. The Labute approximate surface area is 478 Å². The average molecular weight is 1210 g/mol. The molecule has 1 aromatic heterocycles. The maximum atomic E-state index is 14.7. The standard InChI is InChI=1S/C53H64O32/c1-16-31(61)37(67)42(72)50(76-16)80-28-15-75-49(41(71)35(28)65)82-45-23(58)9-19(10-24(45)59)44-46(36(66)30-22(57)11-21(56)12-25(30)78-44)83-52-47(39(69)32(62)17(2)77-52)85-53-48(84-51-43(73)38(68)33(63)26(13-54)79-51)40(70)34(64)27(81-53)14-74-29(60)8-5-18-3-6-20(55)7-4-18/h3-12,16-17,26-28,31-35,37-43,47-59,61-65,67-73H,13-15H2,1-2H3/b8-5+/t16-,17?,26?,27?,28+,31-,32-,33+,34+,35?,37?,38?,39-,40?,41+,42?,43+,47?,48?,49-,50-,51-,52-,53-/m0/s1. The van der Waals surface area contributed by atoms with Crippen LogP contribution in [0.25, 0.3) is 28.4 Å². The maximum absolute atomic E-state index is 14.7. The van der Waals surface area contributed by atoms with Crippen LogP contribution in [0.2, 0.25) is 0 Å². The van der Waals surface area contributed by atoms with Gasteiger partial charge in [0.25, 0.3) is 0 Å². The van der Waals surface area contributed by atoms with Crippen molar-refractivity contribution in [1.29, 1.82) is 0 Å². The molecule has 9 rings (SSSR count). The number of hydrogen-bond acceptors (Lipinski definition) is 32. The van der Waals surface area contributed by atoms with Crippen LogP contribution in [-0.2, 0) is 47.4 Å². The van der Waals surface area contributed by atoms with Gasteiger partial charge < -0.3 is 148 Å². The molecule has 0 bridgehead atoms. The molecule has 24 atom stereocenters. The highest BCUT2D eigenvalue weighted by atomic mass is 16.8. The zero-order valence-electron chi connectivity index (χ0n) is 44.5. The van der Waals surface area contributed by atoms with Crippen LogP contribution in [0, 0.1) is 0 Å². The van der Waals surface area contributed by atoms with E-state index in [0.29, 0.717) is 5.56 Å². The molecule has 5 fully saturated rings. The summed E-state index contributed by atoms with van der Waals surface area (Å²) in [5.74, 6) is -7.11. The van der Waals surface area contributed by atoms with E-state index in [-0.39, 0.29) is 5.75 Å². The molecule has 10 unspecified atom stereocenters. The van der Waals surface area contributed by atoms with Crippen molar-refractivity contribution < 1.29 is 153 Å². The molecule has 0 radical (unpaired) electrons. The zero-order valence-corrected chi connectivity index (χ0v) is 44.5. The van der Waals surface area contributed by atoms with E-state index < -0.39 is 235 Å². The van der Waals surface area contributed by atoms with Crippen molar-refractivity contribution in [1.82, 2.24) is 0 Å². The van der Waals surface area contributed by atoms with Gasteiger partial charge >= 0.3 is 5.97 Å². The van der Waals surface area contributed by atoms with Gasteiger partial charge in [0.15, 0.2) is 42.2 Å². The number of ether oxygens (including phenoxy) is 11. The van der Waals surface area contributed by atoms with E-state index in [1.54, 1.807) is 0 Å². The van der Waals surface area contributed by atoms with E-state index in [1.165, 1.54) is 44.2 Å². The quantitative estimate of drug-likeness (QED) is 0.0368. The number of hydrogen-bond donors (Lipinski definition) is 18. The second kappa shape index (κ2) is 26.0. The maximum Gasteiger partial charge on any atom is 0.330 e. The highest BCUT2D eigenvalue weighted by molar-refractivity contribution is 5.89. The molecular formula is C53H64O32. The molecule has 5 saturated heterocycles. The summed E-state index contributed by atoms with van der Waals surface area (Å²) in [7, 11) is 0. The van der Waals surface area contributed by atoms with Crippen molar-refractivity contribution >= 4 is 23.0 Å². The van der Waals surface area contributed by atoms with Crippen LogP contribution in [0.15, 0.2) is 63.8 Å². The van der Waals surface area contributed by atoms with Crippen molar-refractivity contribution in [2.24, 2.45) is 0 Å². The minimum absolute atomic E-state index is 0.0524. The number of aromatic hydroxyl groups is 5. The molecule has 32 nitrogen and oxygen atoms in total. The third-order valence-corrected chi connectivity index (χ3v) is 14.8. The predicted molar refractivity (Wildman–Crippen MR) is 273 cm³/mol. The minimum atomic E-state index is -2.23. The summed E-state index contributed by atoms with van der Waals surface area (Å²) in [5, 5.41) is 194. The lowest BCUT2D eigenvalue weighted by Gasteiger charge is -2.48. The summed E-state index contributed by atoms with van der Waals surface area (Å²) < 4.78 is 68.9. The molecule has 18 N–H and O–H groups in total. The topological polar surface area (TPSA) is 513 Å². The molecule has 0 spiro atoms. The van der Waals surface area contributed by atoms with Gasteiger partial charge in [-0.05, 0) is 49.8 Å². The summed E-state index contributed by atoms with van der Waals surface area (Å²) in [4.78, 5) is 27.6. The Bertz CT molecular complexity index is 3030. The van der Waals surface area contributed by atoms with Crippen LogP contribution >= 0.6 is 0 Å². The van der Waals surface area contributed by atoms with E-state index in [2.05, 4.69) is 0 Å². The van der Waals surface area contributed by atoms with Crippen LogP contribution in [-0.4, -0.2) is 265 Å². The number of esters is 1. The van der Waals surface area contributed by atoms with Gasteiger partial charge in [-0.2, -0.15) is 0 Å². The van der Waals surface area contributed by atoms with Crippen LogP contribution in [0.5, 0.6) is 40.2 Å². The van der Waals surface area contributed by atoms with Gasteiger partial charge in [0.1, 0.15) is 132 Å². The Hall–Kier alpha value is -6.16. The van der Waals surface area contributed by atoms with Gasteiger partial charge in [-0.15, -0.1) is 0 Å². The smallest absolute Gasteiger partial charge is 0.330 e. The Morgan fingerprint density at radius 1 is 0.553 bits per heavy atom. The third kappa shape index (κ3) is 13.1. The highest BCUT2D eigenvalue weighted by Gasteiger charge is 2.55. The van der Waals surface area contributed by atoms with Crippen LogP contribution < -0.4 is 14.9 Å². The second-order valence-electron chi connectivity index (χ2n) is 20.7. The Kier molecular flexibility index (Phi) is 19.4. The molecule has 0 aliphatic carbocycles.